The van der Waals surface area contributed by atoms with Crippen molar-refractivity contribution >= 4 is 41.2 Å². The predicted molar refractivity (Wildman–Crippen MR) is 122 cm³/mol. The molecule has 174 valence electrons. The molecular weight excluding hydrogens is 460 g/mol. The van der Waals surface area contributed by atoms with Crippen LogP contribution in [0.2, 0.25) is 0 Å². The van der Waals surface area contributed by atoms with Crippen molar-refractivity contribution in [1.29, 1.82) is 0 Å². The summed E-state index contributed by atoms with van der Waals surface area (Å²) in [4.78, 5) is 53.6. The van der Waals surface area contributed by atoms with Gasteiger partial charge in [-0.05, 0) is 25.1 Å². The molecule has 0 aromatic heterocycles. The number of carbonyl (C=O) groups is 4. The number of hydrogen-bond donors (Lipinski definition) is 1. The summed E-state index contributed by atoms with van der Waals surface area (Å²) in [6.45, 7) is 2.15. The average Bonchev–Trinajstić information content (AvgIpc) is 3.08. The van der Waals surface area contributed by atoms with Gasteiger partial charge in [0.25, 0.3) is 0 Å². The maximum absolute atomic E-state index is 13.8. The maximum Gasteiger partial charge on any atom is 0.342 e. The van der Waals surface area contributed by atoms with Crippen molar-refractivity contribution in [3.8, 4) is 11.5 Å². The number of imide groups is 1. The van der Waals surface area contributed by atoms with E-state index in [1.54, 1.807) is 37.3 Å². The van der Waals surface area contributed by atoms with Crippen molar-refractivity contribution in [2.75, 3.05) is 18.6 Å². The predicted octanol–water partition coefficient (Wildman–Crippen LogP) is 2.35. The number of para-hydroxylation sites is 2. The van der Waals surface area contributed by atoms with Gasteiger partial charge in [0.05, 0.1) is 41.5 Å². The number of thioether (sulfide) groups is 1. The lowest BCUT2D eigenvalue weighted by molar-refractivity contribution is -0.132. The van der Waals surface area contributed by atoms with E-state index >= 15 is 0 Å². The summed E-state index contributed by atoms with van der Waals surface area (Å²) in [5.41, 5.74) is 7.14. The Balaban J connectivity index is 1.66. The SMILES string of the molecule is CCOc1cccc2c1OC(=O)C1=C(N)S[C@@H]3C(=O)N(c4ccccc4C(=O)OC)C(=O)[C@H]3[C@H]12. The van der Waals surface area contributed by atoms with E-state index in [9.17, 15) is 19.2 Å². The Kier molecular flexibility index (Phi) is 5.32. The lowest BCUT2D eigenvalue weighted by atomic mass is 9.77. The van der Waals surface area contributed by atoms with Gasteiger partial charge in [0.2, 0.25) is 11.8 Å². The van der Waals surface area contributed by atoms with Crippen LogP contribution in [-0.4, -0.2) is 42.7 Å². The number of benzene rings is 2. The van der Waals surface area contributed by atoms with Gasteiger partial charge in [-0.15, -0.1) is 0 Å². The van der Waals surface area contributed by atoms with E-state index in [-0.39, 0.29) is 27.6 Å². The number of fused-ring (bicyclic) bond motifs is 5. The first-order valence-electron chi connectivity index (χ1n) is 10.6. The summed E-state index contributed by atoms with van der Waals surface area (Å²) >= 11 is 0.963. The highest BCUT2D eigenvalue weighted by Gasteiger charge is 2.59. The van der Waals surface area contributed by atoms with E-state index in [1.807, 2.05) is 0 Å². The summed E-state index contributed by atoms with van der Waals surface area (Å²) in [5, 5.41) is -0.741. The Hall–Kier alpha value is -3.79. The first-order chi connectivity index (χ1) is 16.4. The lowest BCUT2D eigenvalue weighted by Crippen LogP contribution is -2.40. The molecular formula is C24H20N2O7S. The van der Waals surface area contributed by atoms with Gasteiger partial charge in [-0.3, -0.25) is 9.59 Å². The van der Waals surface area contributed by atoms with Gasteiger partial charge in [0.15, 0.2) is 11.5 Å². The second-order valence-electron chi connectivity index (χ2n) is 7.84. The highest BCUT2D eigenvalue weighted by Crippen LogP contribution is 2.56. The van der Waals surface area contributed by atoms with Crippen molar-refractivity contribution in [3.05, 3.63) is 64.2 Å². The summed E-state index contributed by atoms with van der Waals surface area (Å²) in [5.74, 6) is -3.54. The van der Waals surface area contributed by atoms with E-state index < -0.39 is 40.8 Å². The molecule has 34 heavy (non-hydrogen) atoms. The maximum atomic E-state index is 13.8. The molecule has 0 bridgehead atoms. The van der Waals surface area contributed by atoms with Crippen molar-refractivity contribution in [1.82, 2.24) is 0 Å². The first-order valence-corrected chi connectivity index (χ1v) is 11.5. The van der Waals surface area contributed by atoms with Gasteiger partial charge in [-0.25, -0.2) is 14.5 Å². The Bertz CT molecular complexity index is 1290. The van der Waals surface area contributed by atoms with Crippen LogP contribution in [0, 0.1) is 5.92 Å². The zero-order chi connectivity index (χ0) is 24.1. The van der Waals surface area contributed by atoms with Crippen LogP contribution in [-0.2, 0) is 19.1 Å². The van der Waals surface area contributed by atoms with Crippen LogP contribution in [0.1, 0.15) is 28.8 Å². The van der Waals surface area contributed by atoms with E-state index in [0.29, 0.717) is 17.9 Å². The number of carbonyl (C=O) groups excluding carboxylic acids is 4. The summed E-state index contributed by atoms with van der Waals surface area (Å²) < 4.78 is 16.0. The van der Waals surface area contributed by atoms with Crippen LogP contribution in [0.5, 0.6) is 11.5 Å². The second kappa shape index (κ2) is 8.21. The highest BCUT2D eigenvalue weighted by molar-refractivity contribution is 8.04. The molecule has 3 aliphatic rings. The largest absolute Gasteiger partial charge is 0.490 e. The lowest BCUT2D eigenvalue weighted by Gasteiger charge is -2.36. The number of hydrogen-bond acceptors (Lipinski definition) is 9. The fraction of sp³-hybridized carbons (Fsp3) is 0.250. The molecule has 3 atom stereocenters. The first kappa shape index (κ1) is 22.0. The van der Waals surface area contributed by atoms with Crippen molar-refractivity contribution < 1.29 is 33.4 Å². The molecule has 1 fully saturated rings. The molecule has 5 rings (SSSR count). The Morgan fingerprint density at radius 2 is 1.88 bits per heavy atom. The molecule has 3 heterocycles. The molecule has 1 saturated heterocycles. The van der Waals surface area contributed by atoms with Gasteiger partial charge in [-0.1, -0.05) is 36.0 Å². The molecule has 0 spiro atoms. The number of nitrogens with two attached hydrogens (primary N) is 1. The monoisotopic (exact) mass is 480 g/mol. The minimum atomic E-state index is -0.922. The molecule has 2 N–H and O–H groups in total. The smallest absolute Gasteiger partial charge is 0.342 e. The van der Waals surface area contributed by atoms with E-state index in [1.165, 1.54) is 19.2 Å². The molecule has 2 aromatic rings. The van der Waals surface area contributed by atoms with Crippen molar-refractivity contribution in [2.45, 2.75) is 18.1 Å². The van der Waals surface area contributed by atoms with Gasteiger partial charge in [0, 0.05) is 11.5 Å². The van der Waals surface area contributed by atoms with Crippen molar-refractivity contribution in [2.24, 2.45) is 11.7 Å². The van der Waals surface area contributed by atoms with E-state index in [0.717, 1.165) is 16.7 Å². The number of methoxy groups -OCH3 is 1. The molecule has 0 radical (unpaired) electrons. The molecule has 10 heteroatoms. The van der Waals surface area contributed by atoms with Gasteiger partial charge in [-0.2, -0.15) is 0 Å². The number of nitrogens with zero attached hydrogens (tertiary/aromatic N) is 1. The topological polar surface area (TPSA) is 125 Å². The molecule has 0 unspecified atom stereocenters. The molecule has 0 aliphatic carbocycles. The summed E-state index contributed by atoms with van der Waals surface area (Å²) in [6.07, 6.45) is 0. The molecule has 9 nitrogen and oxygen atoms in total. The second-order valence-corrected chi connectivity index (χ2v) is 9.02. The highest BCUT2D eigenvalue weighted by atomic mass is 32.2. The fourth-order valence-corrected chi connectivity index (χ4v) is 5.95. The summed E-state index contributed by atoms with van der Waals surface area (Å²) in [7, 11) is 1.22. The van der Waals surface area contributed by atoms with Crippen LogP contribution < -0.4 is 20.1 Å². The summed E-state index contributed by atoms with van der Waals surface area (Å²) in [6, 6.07) is 11.4. The number of ether oxygens (including phenoxy) is 3. The standard InChI is InChI=1S/C24H20N2O7S/c1-3-32-14-10-6-8-12-15-16-19(34-20(25)17(15)24(30)33-18(12)14)22(28)26(21(16)27)13-9-5-4-7-11(13)23(29)31-2/h4-10,15-16,19H,3,25H2,1-2H3/t15-,16+,19+/m1/s1. The van der Waals surface area contributed by atoms with Gasteiger partial charge >= 0.3 is 11.9 Å². The fourth-order valence-electron chi connectivity index (χ4n) is 4.71. The quantitative estimate of drug-likeness (QED) is 0.399. The molecule has 2 amide bonds. The zero-order valence-electron chi connectivity index (χ0n) is 18.3. The van der Waals surface area contributed by atoms with Gasteiger partial charge in [0.1, 0.15) is 5.25 Å². The van der Waals surface area contributed by atoms with Crippen LogP contribution in [0.25, 0.3) is 0 Å². The molecule has 3 aliphatic heterocycles. The minimum absolute atomic E-state index is 0.0820. The zero-order valence-corrected chi connectivity index (χ0v) is 19.1. The number of rotatable bonds is 4. The third kappa shape index (κ3) is 3.09. The van der Waals surface area contributed by atoms with E-state index in [4.69, 9.17) is 19.9 Å². The van der Waals surface area contributed by atoms with Crippen LogP contribution >= 0.6 is 11.8 Å². The Morgan fingerprint density at radius 1 is 1.12 bits per heavy atom. The van der Waals surface area contributed by atoms with Gasteiger partial charge < -0.3 is 19.9 Å². The normalized spacial score (nSPS) is 23.2. The Morgan fingerprint density at radius 3 is 2.62 bits per heavy atom. The molecule has 0 saturated carbocycles. The van der Waals surface area contributed by atoms with Crippen LogP contribution in [0.15, 0.2) is 53.1 Å². The number of anilines is 1. The Labute approximate surface area is 198 Å². The number of esters is 2. The van der Waals surface area contributed by atoms with E-state index in [2.05, 4.69) is 0 Å². The van der Waals surface area contributed by atoms with Crippen LogP contribution in [0.3, 0.4) is 0 Å². The third-order valence-corrected chi connectivity index (χ3v) is 7.32. The third-order valence-electron chi connectivity index (χ3n) is 6.09. The van der Waals surface area contributed by atoms with Crippen LogP contribution in [0.4, 0.5) is 5.69 Å². The van der Waals surface area contributed by atoms with Crippen molar-refractivity contribution in [3.63, 3.8) is 0 Å². The average molecular weight is 480 g/mol. The number of amides is 2. The molecule has 2 aromatic carbocycles. The minimum Gasteiger partial charge on any atom is -0.490 e.